The lowest BCUT2D eigenvalue weighted by molar-refractivity contribution is -0.385. The Balaban J connectivity index is 0. The second-order valence-electron chi connectivity index (χ2n) is 6.36. The standard InChI is InChI=1S/C10H14NO5PS.C6H5NO2S.C5H13O4P.CH4/c1-3-15-17(14,16-4-2)18-10-7-5-9(6-8-10)11(12)13;8-7(9)5-1-3-6(10)4-2-5;1-4-8-10(6,7-3)9-5-2;/h5-8H,3-4H2,1-2H3;1-4,10H;4-5H2,1-3H3;1H4. The van der Waals surface area contributed by atoms with Crippen LogP contribution in [0.1, 0.15) is 35.1 Å². The molecule has 0 bridgehead atoms. The fraction of sp³-hybridized carbons (Fsp3) is 0.455. The average Bonchev–Trinajstić information content (AvgIpc) is 2.86. The Morgan fingerprint density at radius 2 is 1.10 bits per heavy atom. The van der Waals surface area contributed by atoms with Crippen LogP contribution in [0.15, 0.2) is 58.3 Å². The molecular weight excluding hydrogens is 594 g/mol. The molecule has 0 saturated carbocycles. The zero-order chi connectivity index (χ0) is 29.2. The SMILES string of the molecule is C.CCOP(=O)(OC)OCC.CCOP(=O)(OCC)Sc1ccc([N+](=O)[O-])cc1.O=[N+]([O-])c1ccc(S)cc1. The quantitative estimate of drug-likeness (QED) is 0.0976. The molecule has 0 amide bonds. The van der Waals surface area contributed by atoms with Gasteiger partial charge in [-0.1, -0.05) is 7.43 Å². The molecule has 0 N–H and O–H groups in total. The van der Waals surface area contributed by atoms with E-state index in [0.717, 1.165) is 16.3 Å². The van der Waals surface area contributed by atoms with Crippen molar-refractivity contribution in [1.82, 2.24) is 0 Å². The van der Waals surface area contributed by atoms with E-state index in [1.165, 1.54) is 43.5 Å². The summed E-state index contributed by atoms with van der Waals surface area (Å²) in [4.78, 5) is 21.0. The molecule has 2 aromatic carbocycles. The molecule has 13 nitrogen and oxygen atoms in total. The molecule has 39 heavy (non-hydrogen) atoms. The number of hydrogen-bond acceptors (Lipinski definition) is 13. The van der Waals surface area contributed by atoms with Gasteiger partial charge in [0.1, 0.15) is 0 Å². The molecule has 0 radical (unpaired) electrons. The molecule has 17 heteroatoms. The van der Waals surface area contributed by atoms with Crippen molar-refractivity contribution < 1.29 is 41.6 Å². The van der Waals surface area contributed by atoms with Gasteiger partial charge in [-0.05, 0) is 63.3 Å². The molecule has 0 saturated heterocycles. The number of hydrogen-bond donors (Lipinski definition) is 1. The van der Waals surface area contributed by atoms with Gasteiger partial charge in [0.05, 0.1) is 36.3 Å². The molecule has 222 valence electrons. The van der Waals surface area contributed by atoms with Gasteiger partial charge in [-0.3, -0.25) is 33.8 Å². The van der Waals surface area contributed by atoms with Crippen LogP contribution in [0.3, 0.4) is 0 Å². The summed E-state index contributed by atoms with van der Waals surface area (Å²) in [6, 6.07) is 11.8. The van der Waals surface area contributed by atoms with Crippen molar-refractivity contribution >= 4 is 50.0 Å². The lowest BCUT2D eigenvalue weighted by Crippen LogP contribution is -1.96. The Kier molecular flexibility index (Phi) is 21.2. The Labute approximate surface area is 238 Å². The molecule has 2 rings (SSSR count). The maximum absolute atomic E-state index is 12.2. The molecule has 0 heterocycles. The zero-order valence-electron chi connectivity index (χ0n) is 21.6. The van der Waals surface area contributed by atoms with Crippen LogP contribution in [0.2, 0.25) is 0 Å². The number of nitro benzene ring substituents is 2. The third kappa shape index (κ3) is 16.8. The van der Waals surface area contributed by atoms with E-state index < -0.39 is 24.5 Å². The molecular formula is C22H36N2O11P2S2. The third-order valence-electron chi connectivity index (χ3n) is 3.70. The van der Waals surface area contributed by atoms with E-state index in [4.69, 9.17) is 18.1 Å². The normalized spacial score (nSPS) is 10.7. The molecule has 2 aromatic rings. The summed E-state index contributed by atoms with van der Waals surface area (Å²) in [6.45, 7) is 4.87. The van der Waals surface area contributed by atoms with Gasteiger partial charge in [-0.25, -0.2) is 9.13 Å². The van der Waals surface area contributed by atoms with E-state index in [0.29, 0.717) is 18.1 Å². The summed E-state index contributed by atoms with van der Waals surface area (Å²) in [6.07, 6.45) is 0. The lowest BCUT2D eigenvalue weighted by atomic mass is 10.3. The monoisotopic (exact) mass is 630 g/mol. The summed E-state index contributed by atoms with van der Waals surface area (Å²) >= 11 is 4.93. The Hall–Kier alpha value is -1.80. The van der Waals surface area contributed by atoms with Crippen molar-refractivity contribution in [3.05, 3.63) is 68.8 Å². The highest BCUT2D eigenvalue weighted by atomic mass is 32.7. The number of rotatable bonds is 13. The van der Waals surface area contributed by atoms with Crippen molar-refractivity contribution in [2.45, 2.75) is 44.9 Å². The topological polar surface area (TPSA) is 167 Å². The van der Waals surface area contributed by atoms with E-state index in [2.05, 4.69) is 17.2 Å². The number of thiol groups is 1. The molecule has 0 fully saturated rings. The number of benzene rings is 2. The third-order valence-corrected chi connectivity index (χ3v) is 9.38. The highest BCUT2D eigenvalue weighted by molar-refractivity contribution is 8.55. The first kappa shape index (κ1) is 39.3. The highest BCUT2D eigenvalue weighted by Crippen LogP contribution is 2.63. The first-order valence-electron chi connectivity index (χ1n) is 11.1. The minimum atomic E-state index is -3.23. The molecule has 0 atom stereocenters. The van der Waals surface area contributed by atoms with E-state index in [1.807, 2.05) is 0 Å². The van der Waals surface area contributed by atoms with Gasteiger partial charge in [0.25, 0.3) is 11.4 Å². The summed E-state index contributed by atoms with van der Waals surface area (Å²) in [7, 11) is -1.90. The van der Waals surface area contributed by atoms with Gasteiger partial charge in [0.15, 0.2) is 0 Å². The highest BCUT2D eigenvalue weighted by Gasteiger charge is 2.26. The van der Waals surface area contributed by atoms with Crippen LogP contribution in [-0.2, 0) is 31.7 Å². The lowest BCUT2D eigenvalue weighted by Gasteiger charge is -2.15. The number of nitro groups is 2. The van der Waals surface area contributed by atoms with Gasteiger partial charge < -0.3 is 9.05 Å². The van der Waals surface area contributed by atoms with Gasteiger partial charge >= 0.3 is 14.6 Å². The first-order valence-corrected chi connectivity index (χ1v) is 16.0. The fourth-order valence-corrected chi connectivity index (χ4v) is 6.68. The van der Waals surface area contributed by atoms with Crippen molar-refractivity contribution in [3.8, 4) is 0 Å². The van der Waals surface area contributed by atoms with E-state index in [1.54, 1.807) is 39.8 Å². The molecule has 0 aliphatic carbocycles. The Morgan fingerprint density at radius 3 is 1.41 bits per heavy atom. The second-order valence-corrected chi connectivity index (χ2v) is 12.6. The predicted octanol–water partition coefficient (Wildman–Crippen LogP) is 8.20. The Morgan fingerprint density at radius 1 is 0.744 bits per heavy atom. The Bertz CT molecular complexity index is 1050. The number of phosphoric ester groups is 1. The molecule has 0 unspecified atom stereocenters. The number of non-ortho nitro benzene ring substituents is 2. The number of phosphoric acid groups is 1. The van der Waals surface area contributed by atoms with Gasteiger partial charge in [0.2, 0.25) is 0 Å². The summed E-state index contributed by atoms with van der Waals surface area (Å²) < 4.78 is 47.5. The maximum atomic E-state index is 12.2. The smallest absolute Gasteiger partial charge is 0.301 e. The fourth-order valence-electron chi connectivity index (χ4n) is 2.20. The second kappa shape index (κ2) is 21.0. The van der Waals surface area contributed by atoms with Crippen LogP contribution in [0.25, 0.3) is 0 Å². The summed E-state index contributed by atoms with van der Waals surface area (Å²) in [5.74, 6) is 0. The van der Waals surface area contributed by atoms with Crippen LogP contribution in [0, 0.1) is 20.2 Å². The van der Waals surface area contributed by atoms with Crippen LogP contribution >= 0.6 is 38.6 Å². The van der Waals surface area contributed by atoms with E-state index in [-0.39, 0.29) is 32.0 Å². The molecule has 0 spiro atoms. The van der Waals surface area contributed by atoms with E-state index in [9.17, 15) is 29.4 Å². The van der Waals surface area contributed by atoms with Crippen LogP contribution < -0.4 is 0 Å². The summed E-state index contributed by atoms with van der Waals surface area (Å²) in [5, 5.41) is 20.6. The average molecular weight is 631 g/mol. The molecule has 0 aromatic heterocycles. The minimum absolute atomic E-state index is 0. The molecule has 0 aliphatic rings. The molecule has 0 aliphatic heterocycles. The van der Waals surface area contributed by atoms with Crippen molar-refractivity contribution in [1.29, 1.82) is 0 Å². The number of nitrogens with zero attached hydrogens (tertiary/aromatic N) is 2. The van der Waals surface area contributed by atoms with Crippen molar-refractivity contribution in [2.75, 3.05) is 33.5 Å². The van der Waals surface area contributed by atoms with Crippen LogP contribution in [-0.4, -0.2) is 43.4 Å². The minimum Gasteiger partial charge on any atom is -0.301 e. The van der Waals surface area contributed by atoms with Gasteiger partial charge in [0, 0.05) is 41.2 Å². The van der Waals surface area contributed by atoms with Crippen molar-refractivity contribution in [3.63, 3.8) is 0 Å². The van der Waals surface area contributed by atoms with Gasteiger partial charge in [-0.15, -0.1) is 12.6 Å². The first-order chi connectivity index (χ1) is 17.9. The zero-order valence-corrected chi connectivity index (χ0v) is 25.1. The van der Waals surface area contributed by atoms with Gasteiger partial charge in [-0.2, -0.15) is 0 Å². The predicted molar refractivity (Wildman–Crippen MR) is 155 cm³/mol. The van der Waals surface area contributed by atoms with E-state index >= 15 is 0 Å². The van der Waals surface area contributed by atoms with Crippen LogP contribution in [0.4, 0.5) is 11.4 Å². The maximum Gasteiger partial charge on any atom is 0.474 e. The van der Waals surface area contributed by atoms with Crippen LogP contribution in [0.5, 0.6) is 0 Å². The largest absolute Gasteiger partial charge is 0.474 e. The summed E-state index contributed by atoms with van der Waals surface area (Å²) in [5.41, 5.74) is 0.0832. The van der Waals surface area contributed by atoms with Crippen molar-refractivity contribution in [2.24, 2.45) is 0 Å².